The van der Waals surface area contributed by atoms with Gasteiger partial charge in [0, 0.05) is 40.7 Å². The van der Waals surface area contributed by atoms with E-state index in [0.29, 0.717) is 13.2 Å². The summed E-state index contributed by atoms with van der Waals surface area (Å²) >= 11 is 0. The number of benzene rings is 3. The van der Waals surface area contributed by atoms with Gasteiger partial charge in [-0.2, -0.15) is 0 Å². The molecule has 0 unspecified atom stereocenters. The third-order valence-electron chi connectivity index (χ3n) is 6.29. The van der Waals surface area contributed by atoms with E-state index >= 15 is 0 Å². The monoisotopic (exact) mass is 482 g/mol. The molecule has 0 amide bonds. The molecule has 5 rings (SSSR count). The van der Waals surface area contributed by atoms with E-state index in [1.165, 1.54) is 16.5 Å². The maximum absolute atomic E-state index is 11.1. The number of carboxylic acids is 1. The zero-order valence-corrected chi connectivity index (χ0v) is 20.4. The molecule has 2 N–H and O–H groups in total. The standard InChI is InChI=1S/C30H30N2O4/c1-2-8-22-17-23-18-25(21-9-4-3-5-10-21)31-26(23)19-29(22)36-16-7-15-35-28-12-6-11-27-24(28)13-14-32(27)20-30(33)34/h3-6,9-14,17-19,31H,2,7-8,15-16,20H2,1H3,(H,33,34). The van der Waals surface area contributed by atoms with Crippen LogP contribution in [-0.2, 0) is 17.8 Å². The third kappa shape index (κ3) is 5.08. The van der Waals surface area contributed by atoms with Gasteiger partial charge in [-0.3, -0.25) is 4.79 Å². The summed E-state index contributed by atoms with van der Waals surface area (Å²) in [5.41, 5.74) is 5.40. The van der Waals surface area contributed by atoms with Crippen LogP contribution in [-0.4, -0.2) is 33.8 Å². The first kappa shape index (κ1) is 23.5. The average molecular weight is 483 g/mol. The minimum absolute atomic E-state index is 0.0706. The van der Waals surface area contributed by atoms with Crippen molar-refractivity contribution >= 4 is 27.8 Å². The number of nitrogens with zero attached hydrogens (tertiary/aromatic N) is 1. The fourth-order valence-electron chi connectivity index (χ4n) is 4.61. The number of H-pyrrole nitrogens is 1. The summed E-state index contributed by atoms with van der Waals surface area (Å²) in [4.78, 5) is 14.6. The van der Waals surface area contributed by atoms with Crippen LogP contribution in [0, 0.1) is 0 Å². The lowest BCUT2D eigenvalue weighted by Gasteiger charge is -2.13. The molecule has 0 spiro atoms. The molecule has 0 atom stereocenters. The molecule has 2 aromatic heterocycles. The van der Waals surface area contributed by atoms with Crippen LogP contribution >= 0.6 is 0 Å². The number of carbonyl (C=O) groups is 1. The highest BCUT2D eigenvalue weighted by atomic mass is 16.5. The molecule has 0 saturated carbocycles. The van der Waals surface area contributed by atoms with Crippen LogP contribution in [0.25, 0.3) is 33.1 Å². The highest BCUT2D eigenvalue weighted by molar-refractivity contribution is 5.88. The predicted molar refractivity (Wildman–Crippen MR) is 143 cm³/mol. The van der Waals surface area contributed by atoms with Crippen LogP contribution in [0.5, 0.6) is 11.5 Å². The maximum atomic E-state index is 11.1. The SMILES string of the molecule is CCCc1cc2cc(-c3ccccc3)[nH]c2cc1OCCCOc1cccc2c1ccn2CC(=O)O. The Balaban J connectivity index is 1.24. The van der Waals surface area contributed by atoms with Crippen molar-refractivity contribution in [1.82, 2.24) is 9.55 Å². The normalized spacial score (nSPS) is 11.2. The molecule has 2 heterocycles. The van der Waals surface area contributed by atoms with Gasteiger partial charge in [-0.25, -0.2) is 0 Å². The maximum Gasteiger partial charge on any atom is 0.323 e. The van der Waals surface area contributed by atoms with Crippen LogP contribution in [0.1, 0.15) is 25.3 Å². The summed E-state index contributed by atoms with van der Waals surface area (Å²) in [5, 5.41) is 11.2. The van der Waals surface area contributed by atoms with Crippen molar-refractivity contribution in [2.24, 2.45) is 0 Å². The van der Waals surface area contributed by atoms with Gasteiger partial charge in [0.1, 0.15) is 18.0 Å². The highest BCUT2D eigenvalue weighted by Gasteiger charge is 2.11. The summed E-state index contributed by atoms with van der Waals surface area (Å²) < 4.78 is 14.0. The molecular formula is C30H30N2O4. The van der Waals surface area contributed by atoms with Gasteiger partial charge in [0.25, 0.3) is 0 Å². The number of aryl methyl sites for hydroxylation is 1. The van der Waals surface area contributed by atoms with Gasteiger partial charge in [-0.1, -0.05) is 49.7 Å². The Kier molecular flexibility index (Phi) is 6.94. The fourth-order valence-corrected chi connectivity index (χ4v) is 4.61. The van der Waals surface area contributed by atoms with Crippen LogP contribution in [0.4, 0.5) is 0 Å². The van der Waals surface area contributed by atoms with E-state index in [2.05, 4.69) is 42.2 Å². The van der Waals surface area contributed by atoms with Crippen molar-refractivity contribution in [2.75, 3.05) is 13.2 Å². The second-order valence-corrected chi connectivity index (χ2v) is 8.92. The quantitative estimate of drug-likeness (QED) is 0.206. The smallest absolute Gasteiger partial charge is 0.323 e. The summed E-state index contributed by atoms with van der Waals surface area (Å²) in [6, 6.07) is 24.5. The van der Waals surface area contributed by atoms with Gasteiger partial charge in [0.05, 0.1) is 18.7 Å². The largest absolute Gasteiger partial charge is 0.493 e. The lowest BCUT2D eigenvalue weighted by atomic mass is 10.1. The molecule has 0 bridgehead atoms. The number of ether oxygens (including phenoxy) is 2. The predicted octanol–water partition coefficient (Wildman–Crippen LogP) is 6.67. The van der Waals surface area contributed by atoms with Crippen molar-refractivity contribution < 1.29 is 19.4 Å². The summed E-state index contributed by atoms with van der Waals surface area (Å²) in [7, 11) is 0. The molecule has 5 aromatic rings. The van der Waals surface area contributed by atoms with Crippen molar-refractivity contribution in [3.8, 4) is 22.8 Å². The number of aliphatic carboxylic acids is 1. The molecule has 6 nitrogen and oxygen atoms in total. The zero-order valence-electron chi connectivity index (χ0n) is 20.4. The summed E-state index contributed by atoms with van der Waals surface area (Å²) in [6.45, 7) is 3.16. The second-order valence-electron chi connectivity index (χ2n) is 8.92. The van der Waals surface area contributed by atoms with Crippen LogP contribution in [0.15, 0.2) is 79.0 Å². The molecule has 36 heavy (non-hydrogen) atoms. The molecule has 184 valence electrons. The zero-order chi connectivity index (χ0) is 24.9. The van der Waals surface area contributed by atoms with E-state index in [4.69, 9.17) is 14.6 Å². The van der Waals surface area contributed by atoms with E-state index < -0.39 is 5.97 Å². The van der Waals surface area contributed by atoms with E-state index in [1.807, 2.05) is 42.5 Å². The molecule has 0 fully saturated rings. The number of aromatic amines is 1. The Hall–Kier alpha value is -4.19. The van der Waals surface area contributed by atoms with Gasteiger partial charge in [-0.15, -0.1) is 0 Å². The Morgan fingerprint density at radius 2 is 1.75 bits per heavy atom. The molecule has 0 aliphatic carbocycles. The number of nitrogens with one attached hydrogen (secondary N) is 1. The molecule has 3 aromatic carbocycles. The second kappa shape index (κ2) is 10.6. The van der Waals surface area contributed by atoms with Crippen LogP contribution < -0.4 is 9.47 Å². The first-order valence-corrected chi connectivity index (χ1v) is 12.4. The van der Waals surface area contributed by atoms with E-state index in [-0.39, 0.29) is 6.54 Å². The number of hydrogen-bond acceptors (Lipinski definition) is 3. The third-order valence-corrected chi connectivity index (χ3v) is 6.29. The molecule has 0 saturated heterocycles. The lowest BCUT2D eigenvalue weighted by molar-refractivity contribution is -0.137. The van der Waals surface area contributed by atoms with E-state index in [1.54, 1.807) is 10.8 Å². The van der Waals surface area contributed by atoms with E-state index in [9.17, 15) is 4.79 Å². The van der Waals surface area contributed by atoms with Gasteiger partial charge in [0.2, 0.25) is 0 Å². The van der Waals surface area contributed by atoms with Crippen LogP contribution in [0.3, 0.4) is 0 Å². The molecular weight excluding hydrogens is 452 g/mol. The average Bonchev–Trinajstić information content (AvgIpc) is 3.48. The fraction of sp³-hybridized carbons (Fsp3) is 0.233. The summed E-state index contributed by atoms with van der Waals surface area (Å²) in [5.74, 6) is 0.801. The first-order valence-electron chi connectivity index (χ1n) is 12.4. The highest BCUT2D eigenvalue weighted by Crippen LogP contribution is 2.31. The topological polar surface area (TPSA) is 76.5 Å². The first-order chi connectivity index (χ1) is 17.6. The van der Waals surface area contributed by atoms with Crippen LogP contribution in [0.2, 0.25) is 0 Å². The Labute approximate surface area is 210 Å². The Bertz CT molecular complexity index is 1480. The molecule has 0 aliphatic rings. The number of carboxylic acid groups (broad SMARTS) is 1. The Morgan fingerprint density at radius 3 is 2.53 bits per heavy atom. The Morgan fingerprint density at radius 1 is 0.944 bits per heavy atom. The number of aromatic nitrogens is 2. The van der Waals surface area contributed by atoms with Crippen molar-refractivity contribution in [2.45, 2.75) is 32.7 Å². The number of rotatable bonds is 11. The minimum Gasteiger partial charge on any atom is -0.493 e. The molecule has 0 aliphatic heterocycles. The lowest BCUT2D eigenvalue weighted by Crippen LogP contribution is -2.07. The molecule has 6 heteroatoms. The van der Waals surface area contributed by atoms with Gasteiger partial charge in [0.15, 0.2) is 0 Å². The van der Waals surface area contributed by atoms with Crippen molar-refractivity contribution in [3.63, 3.8) is 0 Å². The van der Waals surface area contributed by atoms with Gasteiger partial charge in [-0.05, 0) is 47.9 Å². The van der Waals surface area contributed by atoms with Crippen molar-refractivity contribution in [1.29, 1.82) is 0 Å². The van der Waals surface area contributed by atoms with Gasteiger partial charge >= 0.3 is 5.97 Å². The number of hydrogen-bond donors (Lipinski definition) is 2. The van der Waals surface area contributed by atoms with Crippen molar-refractivity contribution in [3.05, 3.63) is 84.6 Å². The number of fused-ring (bicyclic) bond motifs is 2. The molecule has 0 radical (unpaired) electrons. The van der Waals surface area contributed by atoms with E-state index in [0.717, 1.165) is 52.9 Å². The summed E-state index contributed by atoms with van der Waals surface area (Å²) in [6.07, 6.45) is 4.52. The minimum atomic E-state index is -0.868. The van der Waals surface area contributed by atoms with Gasteiger partial charge < -0.3 is 24.1 Å².